The molecule has 0 aliphatic rings. The van der Waals surface area contributed by atoms with E-state index in [9.17, 15) is 0 Å². The lowest BCUT2D eigenvalue weighted by atomic mass is 10.2. The van der Waals surface area contributed by atoms with Crippen LogP contribution >= 0.6 is 15.9 Å². The Morgan fingerprint density at radius 3 is 2.92 bits per heavy atom. The van der Waals surface area contributed by atoms with Gasteiger partial charge in [0.15, 0.2) is 0 Å². The van der Waals surface area contributed by atoms with Crippen molar-refractivity contribution in [1.29, 1.82) is 0 Å². The Morgan fingerprint density at radius 2 is 2.33 bits per heavy atom. The van der Waals surface area contributed by atoms with Crippen LogP contribution in [0.1, 0.15) is 11.4 Å². The third-order valence-corrected chi connectivity index (χ3v) is 1.90. The molecule has 0 fully saturated rings. The van der Waals surface area contributed by atoms with Gasteiger partial charge in [0.1, 0.15) is 0 Å². The molecule has 0 radical (unpaired) electrons. The molecule has 1 aromatic rings. The summed E-state index contributed by atoms with van der Waals surface area (Å²) in [5.74, 6) is 0. The lowest BCUT2D eigenvalue weighted by molar-refractivity contribution is 1.19. The molecule has 1 aromatic heterocycles. The van der Waals surface area contributed by atoms with E-state index in [1.165, 1.54) is 0 Å². The maximum absolute atomic E-state index is 5.62. The Hall–Kier alpha value is -0.830. The second-order valence-corrected chi connectivity index (χ2v) is 3.11. The molecule has 0 aliphatic carbocycles. The molecular weight excluding hydrogens is 216 g/mol. The van der Waals surface area contributed by atoms with E-state index in [0.29, 0.717) is 0 Å². The third-order valence-electron chi connectivity index (χ3n) is 1.53. The number of aryl methyl sites for hydroxylation is 1. The standard InChI is InChI=1S/C9H11BrN2/c1-7-9(11)5-4-8(12-7)3-2-6-10/h2-5H,6,11H2,1H3. The number of aromatic nitrogens is 1. The number of hydrogen-bond acceptors (Lipinski definition) is 2. The summed E-state index contributed by atoms with van der Waals surface area (Å²) < 4.78 is 0. The summed E-state index contributed by atoms with van der Waals surface area (Å²) in [6.45, 7) is 1.90. The molecule has 0 amide bonds. The maximum atomic E-state index is 5.62. The van der Waals surface area contributed by atoms with Crippen molar-refractivity contribution < 1.29 is 0 Å². The number of halogens is 1. The summed E-state index contributed by atoms with van der Waals surface area (Å²) in [6, 6.07) is 3.78. The predicted molar refractivity (Wildman–Crippen MR) is 56.2 cm³/mol. The molecule has 0 aromatic carbocycles. The second kappa shape index (κ2) is 4.26. The second-order valence-electron chi connectivity index (χ2n) is 2.47. The maximum Gasteiger partial charge on any atom is 0.0631 e. The van der Waals surface area contributed by atoms with Gasteiger partial charge in [0.2, 0.25) is 0 Å². The number of nitrogen functional groups attached to an aromatic ring is 1. The van der Waals surface area contributed by atoms with E-state index >= 15 is 0 Å². The lowest BCUT2D eigenvalue weighted by Gasteiger charge is -1.98. The van der Waals surface area contributed by atoms with Gasteiger partial charge in [-0.1, -0.05) is 22.0 Å². The fraction of sp³-hybridized carbons (Fsp3) is 0.222. The largest absolute Gasteiger partial charge is 0.397 e. The minimum atomic E-state index is 0.742. The molecule has 2 nitrogen and oxygen atoms in total. The predicted octanol–water partition coefficient (Wildman–Crippen LogP) is 2.38. The first-order chi connectivity index (χ1) is 5.74. The molecule has 0 bridgehead atoms. The minimum absolute atomic E-state index is 0.742. The Bertz CT molecular complexity index is 295. The highest BCUT2D eigenvalue weighted by molar-refractivity contribution is 9.09. The normalized spacial score (nSPS) is 10.8. The fourth-order valence-electron chi connectivity index (χ4n) is 0.849. The van der Waals surface area contributed by atoms with Gasteiger partial charge in [0.25, 0.3) is 0 Å². The van der Waals surface area contributed by atoms with Crippen molar-refractivity contribution in [3.8, 4) is 0 Å². The molecule has 0 saturated heterocycles. The number of hydrogen-bond donors (Lipinski definition) is 1. The smallest absolute Gasteiger partial charge is 0.0631 e. The molecule has 0 atom stereocenters. The van der Waals surface area contributed by atoms with E-state index < -0.39 is 0 Å². The fourth-order valence-corrected chi connectivity index (χ4v) is 1.04. The van der Waals surface area contributed by atoms with Crippen molar-refractivity contribution in [1.82, 2.24) is 4.98 Å². The van der Waals surface area contributed by atoms with E-state index in [1.807, 2.05) is 31.2 Å². The topological polar surface area (TPSA) is 38.9 Å². The lowest BCUT2D eigenvalue weighted by Crippen LogP contribution is -1.93. The molecule has 64 valence electrons. The Labute approximate surface area is 80.6 Å². The van der Waals surface area contributed by atoms with Gasteiger partial charge >= 0.3 is 0 Å². The summed E-state index contributed by atoms with van der Waals surface area (Å²) in [6.07, 6.45) is 3.96. The number of rotatable bonds is 2. The molecular formula is C9H11BrN2. The highest BCUT2D eigenvalue weighted by atomic mass is 79.9. The number of alkyl halides is 1. The first-order valence-corrected chi connectivity index (χ1v) is 4.82. The van der Waals surface area contributed by atoms with Crippen molar-refractivity contribution in [2.45, 2.75) is 6.92 Å². The van der Waals surface area contributed by atoms with E-state index in [4.69, 9.17) is 5.73 Å². The molecule has 0 unspecified atom stereocenters. The quantitative estimate of drug-likeness (QED) is 0.787. The molecule has 2 N–H and O–H groups in total. The Kier molecular flexibility index (Phi) is 3.29. The van der Waals surface area contributed by atoms with Crippen LogP contribution in [0.4, 0.5) is 5.69 Å². The molecule has 0 aliphatic heterocycles. The van der Waals surface area contributed by atoms with Crippen LogP contribution in [-0.4, -0.2) is 10.3 Å². The van der Waals surface area contributed by atoms with Gasteiger partial charge in [-0.3, -0.25) is 4.98 Å². The first-order valence-electron chi connectivity index (χ1n) is 3.69. The van der Waals surface area contributed by atoms with Crippen molar-refractivity contribution in [2.24, 2.45) is 0 Å². The van der Waals surface area contributed by atoms with Crippen LogP contribution in [0.2, 0.25) is 0 Å². The van der Waals surface area contributed by atoms with Gasteiger partial charge in [-0.15, -0.1) is 0 Å². The number of allylic oxidation sites excluding steroid dienone is 1. The monoisotopic (exact) mass is 226 g/mol. The van der Waals surface area contributed by atoms with Crippen molar-refractivity contribution in [3.63, 3.8) is 0 Å². The van der Waals surface area contributed by atoms with E-state index in [2.05, 4.69) is 20.9 Å². The van der Waals surface area contributed by atoms with E-state index in [-0.39, 0.29) is 0 Å². The van der Waals surface area contributed by atoms with Crippen LogP contribution < -0.4 is 5.73 Å². The molecule has 0 spiro atoms. The van der Waals surface area contributed by atoms with E-state index in [1.54, 1.807) is 0 Å². The van der Waals surface area contributed by atoms with Gasteiger partial charge in [-0.25, -0.2) is 0 Å². The highest BCUT2D eigenvalue weighted by Crippen LogP contribution is 2.09. The molecule has 12 heavy (non-hydrogen) atoms. The zero-order valence-electron chi connectivity index (χ0n) is 6.92. The summed E-state index contributed by atoms with van der Waals surface area (Å²) in [5.41, 5.74) is 8.19. The van der Waals surface area contributed by atoms with Crippen molar-refractivity contribution in [2.75, 3.05) is 11.1 Å². The Balaban J connectivity index is 2.89. The number of anilines is 1. The summed E-state index contributed by atoms with van der Waals surface area (Å²) in [5, 5.41) is 0.845. The van der Waals surface area contributed by atoms with Crippen LogP contribution in [0.3, 0.4) is 0 Å². The number of nitrogens with two attached hydrogens (primary N) is 1. The average molecular weight is 227 g/mol. The van der Waals surface area contributed by atoms with Crippen LogP contribution in [0.5, 0.6) is 0 Å². The zero-order chi connectivity index (χ0) is 8.97. The summed E-state index contributed by atoms with van der Waals surface area (Å²) in [4.78, 5) is 4.28. The number of pyridine rings is 1. The first kappa shape index (κ1) is 9.26. The summed E-state index contributed by atoms with van der Waals surface area (Å²) >= 11 is 3.30. The van der Waals surface area contributed by atoms with Gasteiger partial charge in [0.05, 0.1) is 17.1 Å². The zero-order valence-corrected chi connectivity index (χ0v) is 8.51. The highest BCUT2D eigenvalue weighted by Gasteiger charge is 1.93. The number of nitrogens with zero attached hydrogens (tertiary/aromatic N) is 1. The SMILES string of the molecule is Cc1nc(C=CCBr)ccc1N. The van der Waals surface area contributed by atoms with Gasteiger partial charge < -0.3 is 5.73 Å². The third kappa shape index (κ3) is 2.34. The van der Waals surface area contributed by atoms with Crippen LogP contribution in [0.25, 0.3) is 6.08 Å². The van der Waals surface area contributed by atoms with Gasteiger partial charge in [-0.05, 0) is 25.1 Å². The van der Waals surface area contributed by atoms with Crippen molar-refractivity contribution in [3.05, 3.63) is 29.6 Å². The van der Waals surface area contributed by atoms with Crippen LogP contribution in [-0.2, 0) is 0 Å². The van der Waals surface area contributed by atoms with Gasteiger partial charge in [0, 0.05) is 5.33 Å². The van der Waals surface area contributed by atoms with E-state index in [0.717, 1.165) is 22.4 Å². The van der Waals surface area contributed by atoms with Crippen LogP contribution in [0, 0.1) is 6.92 Å². The van der Waals surface area contributed by atoms with Crippen molar-refractivity contribution >= 4 is 27.7 Å². The molecule has 3 heteroatoms. The Morgan fingerprint density at radius 1 is 1.58 bits per heavy atom. The minimum Gasteiger partial charge on any atom is -0.397 e. The van der Waals surface area contributed by atoms with Crippen LogP contribution in [0.15, 0.2) is 18.2 Å². The molecule has 0 saturated carbocycles. The molecule has 1 rings (SSSR count). The summed E-state index contributed by atoms with van der Waals surface area (Å²) in [7, 11) is 0. The van der Waals surface area contributed by atoms with Gasteiger partial charge in [-0.2, -0.15) is 0 Å². The molecule has 1 heterocycles. The average Bonchev–Trinajstić information content (AvgIpc) is 2.07.